The molecule has 1 aliphatic rings. The second-order valence-corrected chi connectivity index (χ2v) is 6.40. The zero-order valence-corrected chi connectivity index (χ0v) is 13.7. The predicted molar refractivity (Wildman–Crippen MR) is 94.4 cm³/mol. The van der Waals surface area contributed by atoms with Crippen molar-refractivity contribution in [2.45, 2.75) is 19.3 Å². The van der Waals surface area contributed by atoms with E-state index in [0.717, 1.165) is 41.6 Å². The summed E-state index contributed by atoms with van der Waals surface area (Å²) >= 11 is 6.00. The molecule has 0 bridgehead atoms. The monoisotopic (exact) mass is 334 g/mol. The molecule has 0 saturated heterocycles. The van der Waals surface area contributed by atoms with Gasteiger partial charge >= 0.3 is 0 Å². The van der Waals surface area contributed by atoms with E-state index >= 15 is 0 Å². The number of allylic oxidation sites excluding steroid dienone is 2. The minimum Gasteiger partial charge on any atom is -0.253 e. The summed E-state index contributed by atoms with van der Waals surface area (Å²) in [6.45, 7) is 0. The maximum absolute atomic E-state index is 9.08. The molecule has 0 aliphatic heterocycles. The molecule has 4 rings (SSSR count). The Morgan fingerprint density at radius 1 is 1.25 bits per heavy atom. The molecular formula is C19H15ClN4. The van der Waals surface area contributed by atoms with Gasteiger partial charge in [0.25, 0.3) is 0 Å². The van der Waals surface area contributed by atoms with Gasteiger partial charge in [0.2, 0.25) is 0 Å². The Kier molecular flexibility index (Phi) is 3.79. The molecule has 0 fully saturated rings. The summed E-state index contributed by atoms with van der Waals surface area (Å²) in [7, 11) is 0. The number of halogens is 1. The number of aromatic nitrogens is 3. The Morgan fingerprint density at radius 3 is 2.79 bits per heavy atom. The summed E-state index contributed by atoms with van der Waals surface area (Å²) in [5.41, 5.74) is 5.26. The second kappa shape index (κ2) is 6.10. The van der Waals surface area contributed by atoms with Crippen LogP contribution in [0.4, 0.5) is 0 Å². The first-order valence-corrected chi connectivity index (χ1v) is 8.31. The minimum atomic E-state index is 0.120. The Bertz CT molecular complexity index is 963. The molecule has 1 atom stereocenters. The summed E-state index contributed by atoms with van der Waals surface area (Å²) in [6, 6.07) is 10.1. The van der Waals surface area contributed by atoms with E-state index in [2.05, 4.69) is 22.2 Å². The number of nitriles is 1. The Hall–Kier alpha value is -2.64. The van der Waals surface area contributed by atoms with Crippen LogP contribution in [-0.4, -0.2) is 14.6 Å². The molecule has 0 radical (unpaired) electrons. The van der Waals surface area contributed by atoms with Gasteiger partial charge in [-0.15, -0.1) is 0 Å². The molecule has 2 aromatic heterocycles. The van der Waals surface area contributed by atoms with Gasteiger partial charge in [-0.1, -0.05) is 29.8 Å². The quantitative estimate of drug-likeness (QED) is 0.679. The van der Waals surface area contributed by atoms with Crippen LogP contribution in [0.3, 0.4) is 0 Å². The third-order valence-electron chi connectivity index (χ3n) is 4.48. The zero-order valence-electron chi connectivity index (χ0n) is 13.0. The number of benzene rings is 1. The lowest BCUT2D eigenvalue weighted by molar-refractivity contribution is 0.603. The lowest BCUT2D eigenvalue weighted by Gasteiger charge is -2.17. The fourth-order valence-electron chi connectivity index (χ4n) is 3.19. The Morgan fingerprint density at radius 2 is 2.08 bits per heavy atom. The highest BCUT2D eigenvalue weighted by molar-refractivity contribution is 6.30. The van der Waals surface area contributed by atoms with Gasteiger partial charge in [0.1, 0.15) is 0 Å². The van der Waals surface area contributed by atoms with Crippen molar-refractivity contribution in [1.82, 2.24) is 14.6 Å². The molecule has 0 amide bonds. The van der Waals surface area contributed by atoms with Crippen LogP contribution in [0.2, 0.25) is 5.02 Å². The molecule has 118 valence electrons. The number of hydrogen-bond donors (Lipinski definition) is 0. The standard InChI is InChI=1S/C19H15ClN4/c20-16-7-5-14(6-8-16)17-12-23-24-10-9-22-18(19(17)24)15-3-1-13(11-21)2-4-15/h3,5-10,12-13H,1-2,4H2. The lowest BCUT2D eigenvalue weighted by atomic mass is 9.88. The van der Waals surface area contributed by atoms with Crippen molar-refractivity contribution in [3.05, 3.63) is 59.6 Å². The fraction of sp³-hybridized carbons (Fsp3) is 0.211. The topological polar surface area (TPSA) is 54.0 Å². The van der Waals surface area contributed by atoms with Gasteiger partial charge < -0.3 is 0 Å². The number of fused-ring (bicyclic) bond motifs is 1. The second-order valence-electron chi connectivity index (χ2n) is 5.96. The molecule has 1 aromatic carbocycles. The van der Waals surface area contributed by atoms with Gasteiger partial charge in [0, 0.05) is 23.0 Å². The fourth-order valence-corrected chi connectivity index (χ4v) is 3.31. The van der Waals surface area contributed by atoms with Gasteiger partial charge in [-0.3, -0.25) is 4.98 Å². The van der Waals surface area contributed by atoms with Gasteiger partial charge in [0.05, 0.1) is 29.4 Å². The van der Waals surface area contributed by atoms with Crippen LogP contribution in [0.15, 0.2) is 48.9 Å². The van der Waals surface area contributed by atoms with Gasteiger partial charge in [-0.25, -0.2) is 4.52 Å². The van der Waals surface area contributed by atoms with Crippen molar-refractivity contribution < 1.29 is 0 Å². The molecular weight excluding hydrogens is 320 g/mol. The van der Waals surface area contributed by atoms with E-state index in [1.165, 1.54) is 5.57 Å². The van der Waals surface area contributed by atoms with Crippen molar-refractivity contribution in [1.29, 1.82) is 5.26 Å². The highest BCUT2D eigenvalue weighted by Crippen LogP contribution is 2.34. The first-order chi connectivity index (χ1) is 11.8. The average molecular weight is 335 g/mol. The van der Waals surface area contributed by atoms with Crippen LogP contribution in [0.25, 0.3) is 22.2 Å². The van der Waals surface area contributed by atoms with Crippen LogP contribution in [0.5, 0.6) is 0 Å². The van der Waals surface area contributed by atoms with Gasteiger partial charge in [0.15, 0.2) is 0 Å². The number of rotatable bonds is 2. The van der Waals surface area contributed by atoms with Crippen molar-refractivity contribution in [2.24, 2.45) is 5.92 Å². The first-order valence-electron chi connectivity index (χ1n) is 7.93. The van der Waals surface area contributed by atoms with Crippen molar-refractivity contribution >= 4 is 22.7 Å². The normalized spacial score (nSPS) is 17.5. The van der Waals surface area contributed by atoms with E-state index in [4.69, 9.17) is 16.9 Å². The van der Waals surface area contributed by atoms with Crippen LogP contribution in [-0.2, 0) is 0 Å². The third-order valence-corrected chi connectivity index (χ3v) is 4.74. The summed E-state index contributed by atoms with van der Waals surface area (Å²) in [6.07, 6.45) is 10.2. The molecule has 0 saturated carbocycles. The van der Waals surface area contributed by atoms with Crippen molar-refractivity contribution in [2.75, 3.05) is 0 Å². The molecule has 0 N–H and O–H groups in total. The molecule has 4 nitrogen and oxygen atoms in total. The smallest absolute Gasteiger partial charge is 0.0999 e. The molecule has 1 unspecified atom stereocenters. The largest absolute Gasteiger partial charge is 0.253 e. The lowest BCUT2D eigenvalue weighted by Crippen LogP contribution is -2.05. The maximum Gasteiger partial charge on any atom is 0.0999 e. The highest BCUT2D eigenvalue weighted by Gasteiger charge is 2.19. The Balaban J connectivity index is 1.85. The van der Waals surface area contributed by atoms with Gasteiger partial charge in [-0.05, 0) is 42.5 Å². The highest BCUT2D eigenvalue weighted by atomic mass is 35.5. The molecule has 0 spiro atoms. The molecule has 24 heavy (non-hydrogen) atoms. The zero-order chi connectivity index (χ0) is 16.5. The molecule has 1 aliphatic carbocycles. The summed E-state index contributed by atoms with van der Waals surface area (Å²) in [5.74, 6) is 0.120. The summed E-state index contributed by atoms with van der Waals surface area (Å²) < 4.78 is 1.86. The summed E-state index contributed by atoms with van der Waals surface area (Å²) in [4.78, 5) is 4.62. The van der Waals surface area contributed by atoms with Crippen molar-refractivity contribution in [3.63, 3.8) is 0 Å². The van der Waals surface area contributed by atoms with Crippen LogP contribution < -0.4 is 0 Å². The average Bonchev–Trinajstić information content (AvgIpc) is 3.07. The van der Waals surface area contributed by atoms with E-state index in [1.807, 2.05) is 41.2 Å². The van der Waals surface area contributed by atoms with Crippen LogP contribution >= 0.6 is 11.6 Å². The van der Waals surface area contributed by atoms with E-state index < -0.39 is 0 Å². The van der Waals surface area contributed by atoms with Gasteiger partial charge in [-0.2, -0.15) is 10.4 Å². The molecule has 5 heteroatoms. The summed E-state index contributed by atoms with van der Waals surface area (Å²) in [5, 5.41) is 14.3. The SMILES string of the molecule is N#CC1CC=C(c2nccn3ncc(-c4ccc(Cl)cc4)c23)CC1. The van der Waals surface area contributed by atoms with Crippen LogP contribution in [0, 0.1) is 17.2 Å². The third kappa shape index (κ3) is 2.57. The van der Waals surface area contributed by atoms with E-state index in [0.29, 0.717) is 5.02 Å². The van der Waals surface area contributed by atoms with E-state index in [1.54, 1.807) is 6.20 Å². The molecule has 3 aromatic rings. The maximum atomic E-state index is 9.08. The Labute approximate surface area is 145 Å². The first kappa shape index (κ1) is 14.9. The number of nitrogens with zero attached hydrogens (tertiary/aromatic N) is 4. The van der Waals surface area contributed by atoms with Crippen molar-refractivity contribution in [3.8, 4) is 17.2 Å². The van der Waals surface area contributed by atoms with Crippen LogP contribution in [0.1, 0.15) is 25.0 Å². The van der Waals surface area contributed by atoms with E-state index in [-0.39, 0.29) is 5.92 Å². The van der Waals surface area contributed by atoms with E-state index in [9.17, 15) is 0 Å². The predicted octanol–water partition coefficient (Wildman–Crippen LogP) is 4.76. The number of hydrogen-bond acceptors (Lipinski definition) is 3. The minimum absolute atomic E-state index is 0.120. The molecule has 2 heterocycles.